The zero-order valence-corrected chi connectivity index (χ0v) is 10.8. The van der Waals surface area contributed by atoms with Gasteiger partial charge in [0.05, 0.1) is 0 Å². The SMILES string of the molecule is O=C1N=CC=CC1c1noc(-c2cccc(C(F)(F)F)n2)n1. The van der Waals surface area contributed by atoms with E-state index in [-0.39, 0.29) is 17.4 Å². The van der Waals surface area contributed by atoms with E-state index in [0.717, 1.165) is 6.07 Å². The molecule has 22 heavy (non-hydrogen) atoms. The van der Waals surface area contributed by atoms with Gasteiger partial charge in [0, 0.05) is 6.21 Å². The molecule has 0 spiro atoms. The molecule has 3 rings (SSSR count). The summed E-state index contributed by atoms with van der Waals surface area (Å²) >= 11 is 0. The van der Waals surface area contributed by atoms with Gasteiger partial charge in [0.15, 0.2) is 5.82 Å². The Morgan fingerprint density at radius 3 is 2.73 bits per heavy atom. The van der Waals surface area contributed by atoms with Crippen molar-refractivity contribution in [2.75, 3.05) is 0 Å². The number of carbonyl (C=O) groups is 1. The van der Waals surface area contributed by atoms with Gasteiger partial charge in [-0.05, 0) is 18.2 Å². The van der Waals surface area contributed by atoms with Gasteiger partial charge in [-0.15, -0.1) is 0 Å². The molecular formula is C13H7F3N4O2. The van der Waals surface area contributed by atoms with Crippen LogP contribution in [0.1, 0.15) is 17.4 Å². The van der Waals surface area contributed by atoms with E-state index >= 15 is 0 Å². The summed E-state index contributed by atoms with van der Waals surface area (Å²) < 4.78 is 42.8. The first-order valence-electron chi connectivity index (χ1n) is 6.08. The molecule has 3 heterocycles. The highest BCUT2D eigenvalue weighted by molar-refractivity contribution is 5.96. The van der Waals surface area contributed by atoms with Crippen LogP contribution in [0, 0.1) is 0 Å². The number of amides is 1. The van der Waals surface area contributed by atoms with Gasteiger partial charge in [-0.3, -0.25) is 4.79 Å². The number of aromatic nitrogens is 3. The van der Waals surface area contributed by atoms with Crippen molar-refractivity contribution in [3.8, 4) is 11.6 Å². The van der Waals surface area contributed by atoms with Crippen LogP contribution in [0.3, 0.4) is 0 Å². The third-order valence-corrected chi connectivity index (χ3v) is 2.84. The molecular weight excluding hydrogens is 301 g/mol. The van der Waals surface area contributed by atoms with Crippen LogP contribution in [0.4, 0.5) is 13.2 Å². The van der Waals surface area contributed by atoms with E-state index in [9.17, 15) is 18.0 Å². The summed E-state index contributed by atoms with van der Waals surface area (Å²) in [7, 11) is 0. The summed E-state index contributed by atoms with van der Waals surface area (Å²) in [4.78, 5) is 22.5. The molecule has 2 aromatic rings. The lowest BCUT2D eigenvalue weighted by Crippen LogP contribution is -2.12. The molecule has 1 unspecified atom stereocenters. The maximum atomic E-state index is 12.6. The second kappa shape index (κ2) is 5.17. The maximum Gasteiger partial charge on any atom is 0.433 e. The molecule has 1 aliphatic rings. The second-order valence-electron chi connectivity index (χ2n) is 4.34. The fraction of sp³-hybridized carbons (Fsp3) is 0.154. The van der Waals surface area contributed by atoms with E-state index in [1.165, 1.54) is 24.4 Å². The minimum atomic E-state index is -4.57. The van der Waals surface area contributed by atoms with Crippen molar-refractivity contribution in [1.82, 2.24) is 15.1 Å². The Hall–Kier alpha value is -2.84. The van der Waals surface area contributed by atoms with Crippen LogP contribution in [-0.2, 0) is 11.0 Å². The third kappa shape index (κ3) is 2.65. The van der Waals surface area contributed by atoms with E-state index in [1.807, 2.05) is 0 Å². The van der Waals surface area contributed by atoms with Crippen molar-refractivity contribution >= 4 is 12.1 Å². The highest BCUT2D eigenvalue weighted by Crippen LogP contribution is 2.29. The van der Waals surface area contributed by atoms with Crippen LogP contribution in [0.5, 0.6) is 0 Å². The second-order valence-corrected chi connectivity index (χ2v) is 4.34. The van der Waals surface area contributed by atoms with Crippen molar-refractivity contribution in [3.63, 3.8) is 0 Å². The molecule has 2 aromatic heterocycles. The number of rotatable bonds is 2. The predicted molar refractivity (Wildman–Crippen MR) is 67.9 cm³/mol. The van der Waals surface area contributed by atoms with Crippen LogP contribution in [0.15, 0.2) is 39.9 Å². The van der Waals surface area contributed by atoms with Crippen LogP contribution in [-0.4, -0.2) is 27.2 Å². The zero-order chi connectivity index (χ0) is 15.7. The van der Waals surface area contributed by atoms with Crippen LogP contribution in [0.25, 0.3) is 11.6 Å². The molecule has 1 aliphatic heterocycles. The Morgan fingerprint density at radius 1 is 1.18 bits per heavy atom. The number of nitrogens with zero attached hydrogens (tertiary/aromatic N) is 4. The first kappa shape index (κ1) is 14.1. The minimum absolute atomic E-state index is 0.0207. The quantitative estimate of drug-likeness (QED) is 0.851. The molecule has 0 saturated heterocycles. The van der Waals surface area contributed by atoms with E-state index in [2.05, 4.69) is 20.1 Å². The molecule has 0 aliphatic carbocycles. The molecule has 0 fully saturated rings. The van der Waals surface area contributed by atoms with Gasteiger partial charge in [0.2, 0.25) is 0 Å². The highest BCUT2D eigenvalue weighted by atomic mass is 19.4. The summed E-state index contributed by atoms with van der Waals surface area (Å²) in [5, 5.41) is 3.61. The Bertz CT molecular complexity index is 780. The fourth-order valence-corrected chi connectivity index (χ4v) is 1.81. The van der Waals surface area contributed by atoms with Gasteiger partial charge >= 0.3 is 6.18 Å². The number of hydrogen-bond acceptors (Lipinski definition) is 5. The van der Waals surface area contributed by atoms with Gasteiger partial charge in [0.25, 0.3) is 11.8 Å². The lowest BCUT2D eigenvalue weighted by Gasteiger charge is -2.05. The summed E-state index contributed by atoms with van der Waals surface area (Å²) in [5.41, 5.74) is -1.19. The fourth-order valence-electron chi connectivity index (χ4n) is 1.81. The number of aliphatic imine (C=N–C) groups is 1. The van der Waals surface area contributed by atoms with Crippen molar-refractivity contribution in [3.05, 3.63) is 41.9 Å². The smallest absolute Gasteiger partial charge is 0.332 e. The van der Waals surface area contributed by atoms with Crippen molar-refractivity contribution < 1.29 is 22.5 Å². The lowest BCUT2D eigenvalue weighted by atomic mass is 10.1. The maximum absolute atomic E-state index is 12.6. The Labute approximate surface area is 121 Å². The Morgan fingerprint density at radius 2 is 2.00 bits per heavy atom. The Kier molecular flexibility index (Phi) is 3.32. The van der Waals surface area contributed by atoms with Crippen LogP contribution < -0.4 is 0 Å². The summed E-state index contributed by atoms with van der Waals surface area (Å²) in [5.74, 6) is -1.47. The normalized spacial score (nSPS) is 18.0. The summed E-state index contributed by atoms with van der Waals surface area (Å²) in [6, 6.07) is 3.33. The van der Waals surface area contributed by atoms with Crippen molar-refractivity contribution in [1.29, 1.82) is 0 Å². The first-order valence-corrected chi connectivity index (χ1v) is 6.08. The number of dihydropyridines is 1. The molecule has 9 heteroatoms. The minimum Gasteiger partial charge on any atom is -0.332 e. The molecule has 1 atom stereocenters. The molecule has 0 bridgehead atoms. The van der Waals surface area contributed by atoms with Gasteiger partial charge in [-0.25, -0.2) is 9.98 Å². The monoisotopic (exact) mass is 308 g/mol. The average Bonchev–Trinajstić information content (AvgIpc) is 2.97. The van der Waals surface area contributed by atoms with Crippen molar-refractivity contribution in [2.45, 2.75) is 12.1 Å². The number of carbonyl (C=O) groups excluding carboxylic acids is 1. The first-order chi connectivity index (χ1) is 10.4. The van der Waals surface area contributed by atoms with E-state index in [4.69, 9.17) is 4.52 Å². The van der Waals surface area contributed by atoms with E-state index < -0.39 is 23.7 Å². The molecule has 1 amide bonds. The molecule has 112 valence electrons. The van der Waals surface area contributed by atoms with Crippen molar-refractivity contribution in [2.24, 2.45) is 4.99 Å². The van der Waals surface area contributed by atoms with Gasteiger partial charge < -0.3 is 4.52 Å². The zero-order valence-electron chi connectivity index (χ0n) is 10.8. The number of hydrogen-bond donors (Lipinski definition) is 0. The topological polar surface area (TPSA) is 81.2 Å². The number of halogens is 3. The average molecular weight is 308 g/mol. The van der Waals surface area contributed by atoms with Crippen LogP contribution in [0.2, 0.25) is 0 Å². The third-order valence-electron chi connectivity index (χ3n) is 2.84. The van der Waals surface area contributed by atoms with Gasteiger partial charge in [-0.2, -0.15) is 18.2 Å². The van der Waals surface area contributed by atoms with Gasteiger partial charge in [-0.1, -0.05) is 17.3 Å². The lowest BCUT2D eigenvalue weighted by molar-refractivity contribution is -0.141. The standard InChI is InChI=1S/C13H7F3N4O2/c14-13(15,16)9-5-1-4-8(18-9)12-19-10(20-22-12)7-3-2-6-17-11(7)21/h1-7H. The molecule has 0 saturated carbocycles. The number of pyridine rings is 1. The largest absolute Gasteiger partial charge is 0.433 e. The predicted octanol–water partition coefficient (Wildman–Crippen LogP) is 2.40. The summed E-state index contributed by atoms with van der Waals surface area (Å²) in [6.45, 7) is 0. The molecule has 0 radical (unpaired) electrons. The highest BCUT2D eigenvalue weighted by Gasteiger charge is 2.33. The molecule has 0 N–H and O–H groups in total. The van der Waals surface area contributed by atoms with Crippen LogP contribution >= 0.6 is 0 Å². The van der Waals surface area contributed by atoms with Gasteiger partial charge in [0.1, 0.15) is 17.3 Å². The number of allylic oxidation sites excluding steroid dienone is 1. The summed E-state index contributed by atoms with van der Waals surface area (Å²) in [6.07, 6.45) is -0.183. The van der Waals surface area contributed by atoms with E-state index in [0.29, 0.717) is 0 Å². The Balaban J connectivity index is 1.93. The molecule has 6 nitrogen and oxygen atoms in total. The number of alkyl halides is 3. The van der Waals surface area contributed by atoms with E-state index in [1.54, 1.807) is 6.08 Å². The molecule has 0 aromatic carbocycles.